The van der Waals surface area contributed by atoms with Gasteiger partial charge >= 0.3 is 7.69 Å². The second-order valence-electron chi connectivity index (χ2n) is 8.76. The molecule has 0 saturated carbocycles. The molecular formula is C26H33BN7O4. The predicted molar refractivity (Wildman–Crippen MR) is 148 cm³/mol. The summed E-state index contributed by atoms with van der Waals surface area (Å²) in [6.45, 7) is 7.74. The van der Waals surface area contributed by atoms with E-state index in [-0.39, 0.29) is 37.5 Å². The zero-order valence-electron chi connectivity index (χ0n) is 22.1. The van der Waals surface area contributed by atoms with Gasteiger partial charge < -0.3 is 26.4 Å². The second-order valence-corrected chi connectivity index (χ2v) is 8.76. The molecule has 0 spiro atoms. The van der Waals surface area contributed by atoms with Crippen LogP contribution in [0.3, 0.4) is 0 Å². The number of fused-ring (bicyclic) bond motifs is 1. The van der Waals surface area contributed by atoms with Crippen molar-refractivity contribution < 1.29 is 19.6 Å². The van der Waals surface area contributed by atoms with E-state index in [4.69, 9.17) is 15.8 Å². The zero-order chi connectivity index (χ0) is 28.2. The van der Waals surface area contributed by atoms with Gasteiger partial charge in [0.2, 0.25) is 5.95 Å². The van der Waals surface area contributed by atoms with Gasteiger partial charge in [-0.3, -0.25) is 9.59 Å². The van der Waals surface area contributed by atoms with Crippen molar-refractivity contribution in [2.45, 2.75) is 39.8 Å². The van der Waals surface area contributed by atoms with E-state index in [2.05, 4.69) is 25.7 Å². The first-order valence-corrected chi connectivity index (χ1v) is 11.9. The fraction of sp³-hybridized carbons (Fsp3) is 0.269. The van der Waals surface area contributed by atoms with E-state index in [9.17, 15) is 9.59 Å². The maximum Gasteiger partial charge on any atom is 0.482 e. The average Bonchev–Trinajstić information content (AvgIpc) is 3.20. The Morgan fingerprint density at radius 2 is 1.47 bits per heavy atom. The van der Waals surface area contributed by atoms with Crippen molar-refractivity contribution in [1.82, 2.24) is 30.4 Å². The van der Waals surface area contributed by atoms with Gasteiger partial charge in [-0.25, -0.2) is 9.67 Å². The Labute approximate surface area is 222 Å². The van der Waals surface area contributed by atoms with Crippen LogP contribution in [0.15, 0.2) is 60.8 Å². The average molecular weight is 518 g/mol. The van der Waals surface area contributed by atoms with Gasteiger partial charge in [0.05, 0.1) is 5.39 Å². The number of hydrogen-bond donors (Lipinski definition) is 5. The molecule has 2 heterocycles. The van der Waals surface area contributed by atoms with E-state index >= 15 is 0 Å². The highest BCUT2D eigenvalue weighted by Gasteiger charge is 2.15. The first-order valence-electron chi connectivity index (χ1n) is 11.9. The Morgan fingerprint density at radius 1 is 0.921 bits per heavy atom. The Kier molecular flexibility index (Phi) is 11.4. The van der Waals surface area contributed by atoms with Crippen molar-refractivity contribution in [3.05, 3.63) is 71.9 Å². The lowest BCUT2D eigenvalue weighted by atomic mass is 10.1. The molecule has 4 aromatic rings. The van der Waals surface area contributed by atoms with Crippen LogP contribution >= 0.6 is 0 Å². The van der Waals surface area contributed by atoms with Crippen LogP contribution < -0.4 is 16.4 Å². The Morgan fingerprint density at radius 3 is 2.05 bits per heavy atom. The SMILES string of the molecule is CC(C)NC(=O)c1cccc(-c2nn(C)c3nc(N)ncc23)c1.CC(C)NC(=O)c1ccccc1.O[B]O. The summed E-state index contributed by atoms with van der Waals surface area (Å²) in [6.07, 6.45) is 1.65. The lowest BCUT2D eigenvalue weighted by molar-refractivity contribution is 0.0934. The number of nitrogen functional groups attached to an aromatic ring is 1. The molecule has 12 heteroatoms. The van der Waals surface area contributed by atoms with Gasteiger partial charge in [-0.2, -0.15) is 10.1 Å². The Bertz CT molecular complexity index is 1340. The van der Waals surface area contributed by atoms with Crippen LogP contribution in [0.2, 0.25) is 0 Å². The highest BCUT2D eigenvalue weighted by Crippen LogP contribution is 2.27. The van der Waals surface area contributed by atoms with E-state index in [1.807, 2.05) is 64.1 Å². The number of carbonyl (C=O) groups is 2. The molecule has 0 atom stereocenters. The van der Waals surface area contributed by atoms with Crippen LogP contribution in [0.4, 0.5) is 5.95 Å². The Hall–Kier alpha value is -4.29. The molecule has 6 N–H and O–H groups in total. The molecule has 0 aliphatic rings. The van der Waals surface area contributed by atoms with Gasteiger partial charge in [-0.1, -0.05) is 30.3 Å². The summed E-state index contributed by atoms with van der Waals surface area (Å²) in [4.78, 5) is 31.8. The van der Waals surface area contributed by atoms with Gasteiger partial charge in [0.1, 0.15) is 5.69 Å². The molecule has 0 fully saturated rings. The number of benzene rings is 2. The maximum atomic E-state index is 12.2. The van der Waals surface area contributed by atoms with Crippen LogP contribution in [0.5, 0.6) is 0 Å². The van der Waals surface area contributed by atoms with Crippen molar-refractivity contribution in [3.8, 4) is 11.3 Å². The van der Waals surface area contributed by atoms with Crippen LogP contribution in [0.25, 0.3) is 22.3 Å². The highest BCUT2D eigenvalue weighted by atomic mass is 16.4. The topological polar surface area (TPSA) is 168 Å². The molecule has 0 bridgehead atoms. The molecule has 0 unspecified atom stereocenters. The number of aryl methyl sites for hydroxylation is 1. The number of nitrogens with zero attached hydrogens (tertiary/aromatic N) is 4. The summed E-state index contributed by atoms with van der Waals surface area (Å²) in [6, 6.07) is 16.8. The largest absolute Gasteiger partial charge is 0.482 e. The summed E-state index contributed by atoms with van der Waals surface area (Å²) in [5, 5.41) is 25.0. The first-order chi connectivity index (χ1) is 18.1. The van der Waals surface area contributed by atoms with E-state index in [1.54, 1.807) is 36.1 Å². The maximum absolute atomic E-state index is 12.2. The molecule has 1 radical (unpaired) electrons. The minimum atomic E-state index is -0.109. The zero-order valence-corrected chi connectivity index (χ0v) is 22.1. The molecule has 2 amide bonds. The Balaban J connectivity index is 0.000000284. The molecule has 0 aliphatic heterocycles. The molecule has 4 rings (SSSR count). The third-order valence-corrected chi connectivity index (χ3v) is 4.87. The van der Waals surface area contributed by atoms with Crippen LogP contribution in [-0.4, -0.2) is 61.4 Å². The molecule has 11 nitrogen and oxygen atoms in total. The number of hydrogen-bond acceptors (Lipinski definition) is 8. The smallest absolute Gasteiger partial charge is 0.429 e. The van der Waals surface area contributed by atoms with Crippen LogP contribution in [-0.2, 0) is 7.05 Å². The fourth-order valence-corrected chi connectivity index (χ4v) is 3.35. The van der Waals surface area contributed by atoms with Gasteiger partial charge in [-0.15, -0.1) is 0 Å². The number of anilines is 1. The first kappa shape index (κ1) is 29.9. The number of nitrogens with one attached hydrogen (secondary N) is 2. The van der Waals surface area contributed by atoms with Crippen molar-refractivity contribution >= 4 is 36.5 Å². The van der Waals surface area contributed by atoms with E-state index in [0.717, 1.165) is 16.6 Å². The molecule has 2 aromatic carbocycles. The van der Waals surface area contributed by atoms with Crippen molar-refractivity contribution in [2.75, 3.05) is 5.73 Å². The third-order valence-electron chi connectivity index (χ3n) is 4.87. The quantitative estimate of drug-likeness (QED) is 0.250. The van der Waals surface area contributed by atoms with E-state index in [1.165, 1.54) is 0 Å². The number of rotatable bonds is 5. The lowest BCUT2D eigenvalue weighted by Crippen LogP contribution is -2.30. The summed E-state index contributed by atoms with van der Waals surface area (Å²) < 4.78 is 1.66. The normalized spacial score (nSPS) is 10.2. The predicted octanol–water partition coefficient (Wildman–Crippen LogP) is 2.08. The van der Waals surface area contributed by atoms with Crippen LogP contribution in [0, 0.1) is 0 Å². The highest BCUT2D eigenvalue weighted by molar-refractivity contribution is 6.13. The van der Waals surface area contributed by atoms with Gasteiger partial charge in [0, 0.05) is 42.0 Å². The van der Waals surface area contributed by atoms with Gasteiger partial charge in [0.25, 0.3) is 11.8 Å². The molecule has 0 saturated heterocycles. The second kappa shape index (κ2) is 14.5. The summed E-state index contributed by atoms with van der Waals surface area (Å²) in [5.41, 5.74) is 9.15. The molecule has 0 aliphatic carbocycles. The summed E-state index contributed by atoms with van der Waals surface area (Å²) in [5.74, 6) is 0.0882. The van der Waals surface area contributed by atoms with Gasteiger partial charge in [-0.05, 0) is 52.0 Å². The van der Waals surface area contributed by atoms with Gasteiger partial charge in [0.15, 0.2) is 5.65 Å². The molecule has 38 heavy (non-hydrogen) atoms. The number of amides is 2. The molecule has 2 aromatic heterocycles. The fourth-order valence-electron chi connectivity index (χ4n) is 3.35. The number of nitrogens with two attached hydrogens (primary N) is 1. The lowest BCUT2D eigenvalue weighted by Gasteiger charge is -2.09. The molecular weight excluding hydrogens is 485 g/mol. The monoisotopic (exact) mass is 518 g/mol. The molecule has 199 valence electrons. The van der Waals surface area contributed by atoms with E-state index < -0.39 is 0 Å². The van der Waals surface area contributed by atoms with Crippen LogP contribution in [0.1, 0.15) is 48.4 Å². The third kappa shape index (κ3) is 8.68. The summed E-state index contributed by atoms with van der Waals surface area (Å²) >= 11 is 0. The number of aromatic nitrogens is 4. The van der Waals surface area contributed by atoms with Crippen molar-refractivity contribution in [1.29, 1.82) is 0 Å². The summed E-state index contributed by atoms with van der Waals surface area (Å²) in [7, 11) is 1.80. The minimum Gasteiger partial charge on any atom is -0.429 e. The van der Waals surface area contributed by atoms with Crippen molar-refractivity contribution in [2.24, 2.45) is 7.05 Å². The van der Waals surface area contributed by atoms with Crippen molar-refractivity contribution in [3.63, 3.8) is 0 Å². The number of carbonyl (C=O) groups excluding carboxylic acids is 2. The standard InChI is InChI=1S/C16H18N6O.C10H13NO.BH2O2/c1-9(2)19-15(23)11-6-4-5-10(7-11)13-12-8-18-16(17)20-14(12)22(3)21-13;1-8(2)11-10(12)9-6-4-3-5-7-9;2-1-3/h4-9H,1-3H3,(H,19,23)(H2,17,18,20);3-8H,1-2H3,(H,11,12);2-3H. The minimum absolute atomic E-state index is 0. The van der Waals surface area contributed by atoms with E-state index in [0.29, 0.717) is 16.8 Å².